The number of azide groups is 1. The number of hydrogen-bond acceptors (Lipinski definition) is 2. The Morgan fingerprint density at radius 3 is 3.00 bits per heavy atom. The van der Waals surface area contributed by atoms with E-state index in [0.29, 0.717) is 10.7 Å². The van der Waals surface area contributed by atoms with E-state index in [-0.39, 0.29) is 6.54 Å². The lowest BCUT2D eigenvalue weighted by atomic mass is 10.2. The quantitative estimate of drug-likeness (QED) is 0.248. The van der Waals surface area contributed by atoms with Crippen LogP contribution in [0.5, 0.6) is 0 Å². The van der Waals surface area contributed by atoms with Gasteiger partial charge in [0.05, 0.1) is 17.3 Å². The molecule has 0 aliphatic carbocycles. The lowest BCUT2D eigenvalue weighted by Gasteiger charge is -1.96. The number of nitrogens with zero attached hydrogens (tertiary/aromatic N) is 3. The average molecular weight is 207 g/mol. The normalized spacial score (nSPS) is 8.36. The van der Waals surface area contributed by atoms with Crippen molar-refractivity contribution in [2.45, 2.75) is 0 Å². The smallest absolute Gasteiger partial charge is 0.0880 e. The van der Waals surface area contributed by atoms with Crippen molar-refractivity contribution in [2.75, 3.05) is 12.3 Å². The number of rotatable bonds is 1. The van der Waals surface area contributed by atoms with Gasteiger partial charge in [0.25, 0.3) is 0 Å². The van der Waals surface area contributed by atoms with Crippen LogP contribution in [0.1, 0.15) is 5.56 Å². The van der Waals surface area contributed by atoms with Gasteiger partial charge in [0.1, 0.15) is 0 Å². The maximum atomic E-state index is 8.00. The van der Waals surface area contributed by atoms with Gasteiger partial charge in [-0.3, -0.25) is 0 Å². The largest absolute Gasteiger partial charge is 0.398 e. The van der Waals surface area contributed by atoms with Crippen molar-refractivity contribution in [3.8, 4) is 11.8 Å². The zero-order chi connectivity index (χ0) is 10.4. The van der Waals surface area contributed by atoms with Crippen LogP contribution in [-0.2, 0) is 0 Å². The Bertz CT molecular complexity index is 438. The molecule has 5 heteroatoms. The van der Waals surface area contributed by atoms with Crippen molar-refractivity contribution in [1.82, 2.24) is 0 Å². The zero-order valence-electron chi connectivity index (χ0n) is 7.24. The van der Waals surface area contributed by atoms with Gasteiger partial charge in [-0.15, -0.1) is 0 Å². The molecule has 1 aromatic rings. The molecule has 0 atom stereocenters. The summed E-state index contributed by atoms with van der Waals surface area (Å²) in [4.78, 5) is 2.57. The molecule has 0 radical (unpaired) electrons. The molecule has 2 N–H and O–H groups in total. The third-order valence-corrected chi connectivity index (χ3v) is 1.77. The van der Waals surface area contributed by atoms with Crippen molar-refractivity contribution in [2.24, 2.45) is 5.11 Å². The van der Waals surface area contributed by atoms with E-state index in [1.54, 1.807) is 18.2 Å². The summed E-state index contributed by atoms with van der Waals surface area (Å²) in [6.45, 7) is 0.151. The molecule has 14 heavy (non-hydrogen) atoms. The predicted octanol–water partition coefficient (Wildman–Crippen LogP) is 2.58. The van der Waals surface area contributed by atoms with E-state index in [9.17, 15) is 0 Å². The second kappa shape index (κ2) is 5.03. The Balaban J connectivity index is 2.80. The fraction of sp³-hybridized carbons (Fsp3) is 0.111. The topological polar surface area (TPSA) is 74.8 Å². The van der Waals surface area contributed by atoms with Crippen LogP contribution in [0.2, 0.25) is 5.02 Å². The lowest BCUT2D eigenvalue weighted by molar-refractivity contribution is 1.25. The van der Waals surface area contributed by atoms with Gasteiger partial charge in [-0.2, -0.15) is 0 Å². The highest BCUT2D eigenvalue weighted by Gasteiger charge is 1.94. The van der Waals surface area contributed by atoms with Crippen molar-refractivity contribution >= 4 is 17.3 Å². The Kier molecular flexibility index (Phi) is 3.69. The second-order valence-corrected chi connectivity index (χ2v) is 2.83. The minimum absolute atomic E-state index is 0.151. The van der Waals surface area contributed by atoms with E-state index >= 15 is 0 Å². The summed E-state index contributed by atoms with van der Waals surface area (Å²) in [6.07, 6.45) is 0. The SMILES string of the molecule is [N-]=[N+]=NCC#Cc1ccc(N)c(Cl)c1. The molecule has 0 saturated carbocycles. The second-order valence-electron chi connectivity index (χ2n) is 2.43. The van der Waals surface area contributed by atoms with Crippen LogP contribution >= 0.6 is 11.6 Å². The molecule has 0 aliphatic rings. The highest BCUT2D eigenvalue weighted by Crippen LogP contribution is 2.18. The maximum Gasteiger partial charge on any atom is 0.0880 e. The first-order valence-corrected chi connectivity index (χ1v) is 4.16. The molecule has 0 bridgehead atoms. The first-order valence-electron chi connectivity index (χ1n) is 3.79. The number of benzene rings is 1. The molecule has 1 aromatic carbocycles. The Labute approximate surface area is 86.3 Å². The van der Waals surface area contributed by atoms with E-state index in [0.717, 1.165) is 5.56 Å². The first kappa shape index (κ1) is 10.3. The summed E-state index contributed by atoms with van der Waals surface area (Å²) in [5, 5.41) is 3.75. The molecule has 0 aromatic heterocycles. The molecular weight excluding hydrogens is 200 g/mol. The fourth-order valence-electron chi connectivity index (χ4n) is 0.813. The van der Waals surface area contributed by atoms with E-state index in [1.165, 1.54) is 0 Å². The summed E-state index contributed by atoms with van der Waals surface area (Å²) in [7, 11) is 0. The minimum Gasteiger partial charge on any atom is -0.398 e. The number of anilines is 1. The summed E-state index contributed by atoms with van der Waals surface area (Å²) in [5.74, 6) is 5.47. The molecule has 0 amide bonds. The lowest BCUT2D eigenvalue weighted by Crippen LogP contribution is -1.86. The van der Waals surface area contributed by atoms with Gasteiger partial charge in [0.2, 0.25) is 0 Å². The molecule has 0 aliphatic heterocycles. The van der Waals surface area contributed by atoms with Gasteiger partial charge in [0, 0.05) is 10.5 Å². The molecule has 0 saturated heterocycles. The van der Waals surface area contributed by atoms with Crippen LogP contribution < -0.4 is 5.73 Å². The van der Waals surface area contributed by atoms with Gasteiger partial charge >= 0.3 is 0 Å². The molecule has 0 heterocycles. The predicted molar refractivity (Wildman–Crippen MR) is 56.8 cm³/mol. The van der Waals surface area contributed by atoms with Gasteiger partial charge in [-0.1, -0.05) is 28.6 Å². The van der Waals surface area contributed by atoms with Crippen LogP contribution in [0, 0.1) is 11.8 Å². The van der Waals surface area contributed by atoms with Crippen LogP contribution in [0.25, 0.3) is 10.4 Å². The van der Waals surface area contributed by atoms with Crippen LogP contribution in [0.15, 0.2) is 23.3 Å². The first-order chi connectivity index (χ1) is 6.74. The highest BCUT2D eigenvalue weighted by molar-refractivity contribution is 6.33. The van der Waals surface area contributed by atoms with Crippen LogP contribution in [-0.4, -0.2) is 6.54 Å². The van der Waals surface area contributed by atoms with E-state index < -0.39 is 0 Å². The molecule has 0 spiro atoms. The number of nitrogen functional groups attached to an aromatic ring is 1. The van der Waals surface area contributed by atoms with Crippen LogP contribution in [0.4, 0.5) is 5.69 Å². The number of halogens is 1. The monoisotopic (exact) mass is 206 g/mol. The van der Waals surface area contributed by atoms with E-state index in [1.807, 2.05) is 0 Å². The maximum absolute atomic E-state index is 8.00. The van der Waals surface area contributed by atoms with Crippen molar-refractivity contribution in [3.63, 3.8) is 0 Å². The fourth-order valence-corrected chi connectivity index (χ4v) is 0.994. The van der Waals surface area contributed by atoms with Gasteiger partial charge in [-0.05, 0) is 23.7 Å². The van der Waals surface area contributed by atoms with Crippen molar-refractivity contribution in [1.29, 1.82) is 0 Å². The molecule has 70 valence electrons. The van der Waals surface area contributed by atoms with Crippen LogP contribution in [0.3, 0.4) is 0 Å². The van der Waals surface area contributed by atoms with E-state index in [4.69, 9.17) is 22.9 Å². The number of hydrogen-bond donors (Lipinski definition) is 1. The molecule has 4 nitrogen and oxygen atoms in total. The average Bonchev–Trinajstić information content (AvgIpc) is 2.18. The Morgan fingerprint density at radius 1 is 1.57 bits per heavy atom. The Hall–Kier alpha value is -1.82. The molecule has 1 rings (SSSR count). The zero-order valence-corrected chi connectivity index (χ0v) is 7.99. The summed E-state index contributed by atoms with van der Waals surface area (Å²) in [5.41, 5.74) is 14.8. The van der Waals surface area contributed by atoms with Gasteiger partial charge in [0.15, 0.2) is 0 Å². The molecule has 0 unspecified atom stereocenters. The van der Waals surface area contributed by atoms with E-state index in [2.05, 4.69) is 21.9 Å². The minimum atomic E-state index is 0.151. The standard InChI is InChI=1S/C9H7ClN4/c10-8-6-7(3-4-9(8)11)2-1-5-13-14-12/h3-4,6H,5,11H2. The molecule has 0 fully saturated rings. The summed E-state index contributed by atoms with van der Waals surface area (Å²) in [6, 6.07) is 5.10. The third kappa shape index (κ3) is 2.91. The molecular formula is C9H7ClN4. The Morgan fingerprint density at radius 2 is 2.36 bits per heavy atom. The van der Waals surface area contributed by atoms with Crippen molar-refractivity contribution < 1.29 is 0 Å². The highest BCUT2D eigenvalue weighted by atomic mass is 35.5. The van der Waals surface area contributed by atoms with Crippen molar-refractivity contribution in [3.05, 3.63) is 39.2 Å². The van der Waals surface area contributed by atoms with Gasteiger partial charge < -0.3 is 5.73 Å². The number of nitrogens with two attached hydrogens (primary N) is 1. The summed E-state index contributed by atoms with van der Waals surface area (Å²) >= 11 is 5.78. The third-order valence-electron chi connectivity index (χ3n) is 1.45. The summed E-state index contributed by atoms with van der Waals surface area (Å²) < 4.78 is 0. The van der Waals surface area contributed by atoms with Gasteiger partial charge in [-0.25, -0.2) is 0 Å².